The summed E-state index contributed by atoms with van der Waals surface area (Å²) >= 11 is 0. The summed E-state index contributed by atoms with van der Waals surface area (Å²) in [5, 5.41) is 4.13. The standard InChI is InChI=1S/C22H28N4O2/c1-5-25(6-2)17-11-13-18(14-12-17)26-16-15-20(23-28-22(27)24(3)4)19-9-7-8-10-21(19)26/h7-14H,5-6,15-16H2,1-4H3/b23-20+. The third kappa shape index (κ3) is 4.11. The number of fused-ring (bicyclic) bond motifs is 1. The van der Waals surface area contributed by atoms with Gasteiger partial charge in [-0.2, -0.15) is 0 Å². The number of rotatable bonds is 5. The van der Waals surface area contributed by atoms with Crippen molar-refractivity contribution in [3.05, 3.63) is 54.1 Å². The summed E-state index contributed by atoms with van der Waals surface area (Å²) in [5.74, 6) is 0. The third-order valence-corrected chi connectivity index (χ3v) is 4.97. The van der Waals surface area contributed by atoms with Gasteiger partial charge in [0.2, 0.25) is 0 Å². The maximum Gasteiger partial charge on any atom is 0.435 e. The van der Waals surface area contributed by atoms with Crippen LogP contribution < -0.4 is 9.80 Å². The molecule has 3 rings (SSSR count). The van der Waals surface area contributed by atoms with Gasteiger partial charge in [-0.25, -0.2) is 4.79 Å². The van der Waals surface area contributed by atoms with Gasteiger partial charge < -0.3 is 14.7 Å². The van der Waals surface area contributed by atoms with Gasteiger partial charge in [-0.05, 0) is 44.2 Å². The van der Waals surface area contributed by atoms with Crippen LogP contribution >= 0.6 is 0 Å². The number of para-hydroxylation sites is 1. The SMILES string of the molecule is CCN(CC)c1ccc(N2CC/C(=N\OC(=O)N(C)C)c3ccccc32)cc1. The van der Waals surface area contributed by atoms with Crippen LogP contribution in [0.2, 0.25) is 0 Å². The Morgan fingerprint density at radius 2 is 1.75 bits per heavy atom. The highest BCUT2D eigenvalue weighted by atomic mass is 16.7. The molecule has 0 aliphatic carbocycles. The smallest absolute Gasteiger partial charge is 0.372 e. The molecule has 0 unspecified atom stereocenters. The Balaban J connectivity index is 1.87. The minimum absolute atomic E-state index is 0.473. The maximum absolute atomic E-state index is 11.7. The monoisotopic (exact) mass is 380 g/mol. The van der Waals surface area contributed by atoms with E-state index in [-0.39, 0.29) is 0 Å². The minimum Gasteiger partial charge on any atom is -0.372 e. The van der Waals surface area contributed by atoms with Crippen LogP contribution in [0.1, 0.15) is 25.8 Å². The zero-order valence-corrected chi connectivity index (χ0v) is 17.1. The van der Waals surface area contributed by atoms with Crippen LogP contribution in [0.5, 0.6) is 0 Å². The lowest BCUT2D eigenvalue weighted by molar-refractivity contribution is 0.122. The molecule has 148 valence electrons. The average molecular weight is 380 g/mol. The molecule has 0 saturated heterocycles. The van der Waals surface area contributed by atoms with E-state index in [0.717, 1.165) is 42.3 Å². The molecule has 0 spiro atoms. The fourth-order valence-corrected chi connectivity index (χ4v) is 3.40. The van der Waals surface area contributed by atoms with Gasteiger partial charge in [0.1, 0.15) is 0 Å². The molecular formula is C22H28N4O2. The first kappa shape index (κ1) is 19.7. The van der Waals surface area contributed by atoms with Crippen LogP contribution in [0.25, 0.3) is 0 Å². The third-order valence-electron chi connectivity index (χ3n) is 4.97. The van der Waals surface area contributed by atoms with E-state index in [2.05, 4.69) is 59.1 Å². The van der Waals surface area contributed by atoms with E-state index in [0.29, 0.717) is 6.42 Å². The Bertz CT molecular complexity index is 842. The summed E-state index contributed by atoms with van der Waals surface area (Å²) < 4.78 is 0. The molecule has 2 aromatic rings. The summed E-state index contributed by atoms with van der Waals surface area (Å²) in [4.78, 5) is 22.7. The molecule has 6 heteroatoms. The molecule has 0 saturated carbocycles. The van der Waals surface area contributed by atoms with E-state index in [1.54, 1.807) is 14.1 Å². The van der Waals surface area contributed by atoms with Gasteiger partial charge in [0.05, 0.1) is 11.4 Å². The van der Waals surface area contributed by atoms with Crippen LogP contribution in [-0.4, -0.2) is 50.4 Å². The second-order valence-electron chi connectivity index (χ2n) is 6.90. The van der Waals surface area contributed by atoms with E-state index in [1.165, 1.54) is 10.6 Å². The summed E-state index contributed by atoms with van der Waals surface area (Å²) in [6.45, 7) is 7.10. The predicted octanol–water partition coefficient (Wildman–Crippen LogP) is 4.48. The van der Waals surface area contributed by atoms with E-state index < -0.39 is 6.09 Å². The van der Waals surface area contributed by atoms with Crippen LogP contribution in [0.3, 0.4) is 0 Å². The van der Waals surface area contributed by atoms with E-state index >= 15 is 0 Å². The molecule has 0 bridgehead atoms. The minimum atomic E-state index is -0.473. The van der Waals surface area contributed by atoms with Crippen molar-refractivity contribution in [2.75, 3.05) is 43.5 Å². The number of amides is 1. The Hall–Kier alpha value is -3.02. The molecule has 28 heavy (non-hydrogen) atoms. The molecule has 1 aliphatic rings. The predicted molar refractivity (Wildman–Crippen MR) is 115 cm³/mol. The largest absolute Gasteiger partial charge is 0.435 e. The second-order valence-corrected chi connectivity index (χ2v) is 6.90. The molecule has 0 radical (unpaired) electrons. The van der Waals surface area contributed by atoms with Crippen molar-refractivity contribution in [3.8, 4) is 0 Å². The van der Waals surface area contributed by atoms with Crippen LogP contribution in [-0.2, 0) is 4.84 Å². The molecule has 0 fully saturated rings. The fraction of sp³-hybridized carbons (Fsp3) is 0.364. The molecule has 1 aliphatic heterocycles. The van der Waals surface area contributed by atoms with Crippen molar-refractivity contribution < 1.29 is 9.63 Å². The van der Waals surface area contributed by atoms with Crippen molar-refractivity contribution in [1.82, 2.24) is 4.90 Å². The van der Waals surface area contributed by atoms with Gasteiger partial charge in [-0.3, -0.25) is 4.84 Å². The van der Waals surface area contributed by atoms with Gasteiger partial charge in [0, 0.05) is 57.1 Å². The second kappa shape index (κ2) is 8.78. The first-order chi connectivity index (χ1) is 13.5. The molecule has 0 aromatic heterocycles. The van der Waals surface area contributed by atoms with Crippen molar-refractivity contribution >= 4 is 28.9 Å². The topological polar surface area (TPSA) is 48.4 Å². The van der Waals surface area contributed by atoms with E-state index in [1.807, 2.05) is 18.2 Å². The number of hydrogen-bond acceptors (Lipinski definition) is 5. The Morgan fingerprint density at radius 3 is 2.39 bits per heavy atom. The quantitative estimate of drug-likeness (QED) is 0.567. The lowest BCUT2D eigenvalue weighted by atomic mass is 9.99. The first-order valence-electron chi connectivity index (χ1n) is 9.72. The number of anilines is 3. The summed E-state index contributed by atoms with van der Waals surface area (Å²) in [6, 6.07) is 16.8. The Morgan fingerprint density at radius 1 is 1.07 bits per heavy atom. The number of benzene rings is 2. The van der Waals surface area contributed by atoms with Gasteiger partial charge in [-0.15, -0.1) is 0 Å². The average Bonchev–Trinajstić information content (AvgIpc) is 2.73. The Labute approximate surface area is 167 Å². The van der Waals surface area contributed by atoms with Crippen LogP contribution in [0.15, 0.2) is 53.7 Å². The van der Waals surface area contributed by atoms with Gasteiger partial charge in [-0.1, -0.05) is 23.4 Å². The van der Waals surface area contributed by atoms with Gasteiger partial charge in [0.15, 0.2) is 0 Å². The normalized spacial score (nSPS) is 14.6. The van der Waals surface area contributed by atoms with Crippen molar-refractivity contribution in [2.45, 2.75) is 20.3 Å². The molecule has 6 nitrogen and oxygen atoms in total. The van der Waals surface area contributed by atoms with Gasteiger partial charge >= 0.3 is 6.09 Å². The van der Waals surface area contributed by atoms with E-state index in [4.69, 9.17) is 4.84 Å². The van der Waals surface area contributed by atoms with Crippen molar-refractivity contribution in [2.24, 2.45) is 5.16 Å². The molecule has 1 amide bonds. The zero-order chi connectivity index (χ0) is 20.1. The highest BCUT2D eigenvalue weighted by Crippen LogP contribution is 2.34. The molecule has 1 heterocycles. The van der Waals surface area contributed by atoms with Gasteiger partial charge in [0.25, 0.3) is 0 Å². The number of nitrogens with zero attached hydrogens (tertiary/aromatic N) is 4. The lowest BCUT2D eigenvalue weighted by Crippen LogP contribution is -2.29. The lowest BCUT2D eigenvalue weighted by Gasteiger charge is -2.32. The van der Waals surface area contributed by atoms with Crippen LogP contribution in [0, 0.1) is 0 Å². The summed E-state index contributed by atoms with van der Waals surface area (Å²) in [7, 11) is 3.28. The number of carbonyl (C=O) groups excluding carboxylic acids is 1. The first-order valence-corrected chi connectivity index (χ1v) is 9.72. The number of oxime groups is 1. The van der Waals surface area contributed by atoms with Crippen molar-refractivity contribution in [1.29, 1.82) is 0 Å². The number of carbonyl (C=O) groups is 1. The highest BCUT2D eigenvalue weighted by molar-refractivity contribution is 6.07. The van der Waals surface area contributed by atoms with Crippen molar-refractivity contribution in [3.63, 3.8) is 0 Å². The molecule has 0 N–H and O–H groups in total. The molecule has 2 aromatic carbocycles. The summed E-state index contributed by atoms with van der Waals surface area (Å²) in [6.07, 6.45) is 0.231. The maximum atomic E-state index is 11.7. The highest BCUT2D eigenvalue weighted by Gasteiger charge is 2.23. The van der Waals surface area contributed by atoms with Crippen LogP contribution in [0.4, 0.5) is 21.9 Å². The Kier molecular flexibility index (Phi) is 6.19. The fourth-order valence-electron chi connectivity index (χ4n) is 3.40. The summed E-state index contributed by atoms with van der Waals surface area (Å²) in [5.41, 5.74) is 5.24. The number of hydrogen-bond donors (Lipinski definition) is 0. The molecular weight excluding hydrogens is 352 g/mol. The van der Waals surface area contributed by atoms with E-state index in [9.17, 15) is 4.79 Å². The molecule has 0 atom stereocenters. The zero-order valence-electron chi connectivity index (χ0n) is 17.1.